The van der Waals surface area contributed by atoms with Crippen molar-refractivity contribution in [2.45, 2.75) is 13.3 Å². The SMILES string of the molecule is CCOC(=O)Cc1c(N)nc(-c2cscn2)[nH]c1=O. The van der Waals surface area contributed by atoms with E-state index in [9.17, 15) is 9.59 Å². The van der Waals surface area contributed by atoms with Crippen LogP contribution in [0.3, 0.4) is 0 Å². The summed E-state index contributed by atoms with van der Waals surface area (Å²) in [5, 5.41) is 1.74. The summed E-state index contributed by atoms with van der Waals surface area (Å²) >= 11 is 1.38. The fourth-order valence-corrected chi connectivity index (χ4v) is 2.03. The van der Waals surface area contributed by atoms with Crippen molar-refractivity contribution in [3.63, 3.8) is 0 Å². The fourth-order valence-electron chi connectivity index (χ4n) is 1.49. The molecule has 0 aliphatic carbocycles. The minimum Gasteiger partial charge on any atom is -0.466 e. The zero-order chi connectivity index (χ0) is 13.8. The van der Waals surface area contributed by atoms with Gasteiger partial charge in [0.05, 0.1) is 24.1 Å². The highest BCUT2D eigenvalue weighted by Gasteiger charge is 2.15. The zero-order valence-corrected chi connectivity index (χ0v) is 11.0. The number of carbonyl (C=O) groups is 1. The van der Waals surface area contributed by atoms with E-state index < -0.39 is 11.5 Å². The van der Waals surface area contributed by atoms with E-state index in [-0.39, 0.29) is 30.2 Å². The molecule has 2 rings (SSSR count). The number of aromatic nitrogens is 3. The van der Waals surface area contributed by atoms with Crippen LogP contribution in [0.25, 0.3) is 11.5 Å². The Morgan fingerprint density at radius 2 is 2.37 bits per heavy atom. The summed E-state index contributed by atoms with van der Waals surface area (Å²) in [4.78, 5) is 33.9. The minimum absolute atomic E-state index is 0.0137. The Morgan fingerprint density at radius 3 is 2.95 bits per heavy atom. The van der Waals surface area contributed by atoms with Crippen molar-refractivity contribution in [3.8, 4) is 11.5 Å². The molecule has 0 amide bonds. The summed E-state index contributed by atoms with van der Waals surface area (Å²) in [5.41, 5.74) is 7.52. The molecule has 0 atom stereocenters. The van der Waals surface area contributed by atoms with Gasteiger partial charge in [-0.25, -0.2) is 9.97 Å². The van der Waals surface area contributed by atoms with E-state index in [1.165, 1.54) is 11.3 Å². The Bertz CT molecular complexity index is 636. The first-order valence-electron chi connectivity index (χ1n) is 5.54. The van der Waals surface area contributed by atoms with Gasteiger partial charge in [0, 0.05) is 5.38 Å². The second-order valence-corrected chi connectivity index (χ2v) is 4.35. The molecular weight excluding hydrogens is 268 g/mol. The number of aromatic amines is 1. The first-order chi connectivity index (χ1) is 9.11. The maximum atomic E-state index is 11.9. The van der Waals surface area contributed by atoms with Crippen LogP contribution in [0.15, 0.2) is 15.7 Å². The lowest BCUT2D eigenvalue weighted by atomic mass is 10.2. The topological polar surface area (TPSA) is 111 Å². The van der Waals surface area contributed by atoms with E-state index in [1.807, 2.05) is 0 Å². The van der Waals surface area contributed by atoms with Crippen molar-refractivity contribution in [1.29, 1.82) is 0 Å². The summed E-state index contributed by atoms with van der Waals surface area (Å²) in [6.07, 6.45) is -0.195. The Balaban J connectivity index is 2.33. The van der Waals surface area contributed by atoms with Crippen molar-refractivity contribution < 1.29 is 9.53 Å². The van der Waals surface area contributed by atoms with Crippen LogP contribution in [0.2, 0.25) is 0 Å². The number of hydrogen-bond acceptors (Lipinski definition) is 7. The maximum Gasteiger partial charge on any atom is 0.310 e. The molecule has 19 heavy (non-hydrogen) atoms. The van der Waals surface area contributed by atoms with E-state index in [4.69, 9.17) is 10.5 Å². The lowest BCUT2D eigenvalue weighted by Gasteiger charge is -2.05. The van der Waals surface area contributed by atoms with Gasteiger partial charge in [0.1, 0.15) is 11.5 Å². The van der Waals surface area contributed by atoms with E-state index >= 15 is 0 Å². The summed E-state index contributed by atoms with van der Waals surface area (Å²) < 4.78 is 4.77. The van der Waals surface area contributed by atoms with Crippen LogP contribution in [0.4, 0.5) is 5.82 Å². The van der Waals surface area contributed by atoms with Crippen LogP contribution >= 0.6 is 11.3 Å². The van der Waals surface area contributed by atoms with Crippen LogP contribution in [-0.4, -0.2) is 27.5 Å². The third-order valence-corrected chi connectivity index (χ3v) is 2.94. The molecule has 0 saturated carbocycles. The molecule has 8 heteroatoms. The van der Waals surface area contributed by atoms with Gasteiger partial charge in [-0.3, -0.25) is 9.59 Å². The van der Waals surface area contributed by atoms with Crippen molar-refractivity contribution in [1.82, 2.24) is 15.0 Å². The standard InChI is InChI=1S/C11H12N4O3S/c1-2-18-8(16)3-6-9(12)14-10(15-11(6)17)7-4-19-5-13-7/h4-5H,2-3H2,1H3,(H3,12,14,15,17). The smallest absolute Gasteiger partial charge is 0.310 e. The van der Waals surface area contributed by atoms with Crippen LogP contribution in [0.1, 0.15) is 12.5 Å². The summed E-state index contributed by atoms with van der Waals surface area (Å²) in [6, 6.07) is 0. The van der Waals surface area contributed by atoms with Gasteiger partial charge in [-0.1, -0.05) is 0 Å². The number of rotatable bonds is 4. The lowest BCUT2D eigenvalue weighted by Crippen LogP contribution is -2.22. The van der Waals surface area contributed by atoms with Gasteiger partial charge in [-0.2, -0.15) is 0 Å². The van der Waals surface area contributed by atoms with Gasteiger partial charge in [0.2, 0.25) is 0 Å². The number of nitrogen functional groups attached to an aromatic ring is 1. The van der Waals surface area contributed by atoms with Crippen LogP contribution in [0.5, 0.6) is 0 Å². The first-order valence-corrected chi connectivity index (χ1v) is 6.49. The average Bonchev–Trinajstić information content (AvgIpc) is 2.87. The normalized spacial score (nSPS) is 10.4. The molecule has 0 spiro atoms. The second-order valence-electron chi connectivity index (χ2n) is 3.63. The fraction of sp³-hybridized carbons (Fsp3) is 0.273. The number of nitrogens with two attached hydrogens (primary N) is 1. The predicted molar refractivity (Wildman–Crippen MR) is 70.7 cm³/mol. The van der Waals surface area contributed by atoms with Crippen molar-refractivity contribution in [2.75, 3.05) is 12.3 Å². The maximum absolute atomic E-state index is 11.9. The summed E-state index contributed by atoms with van der Waals surface area (Å²) in [6.45, 7) is 1.94. The van der Waals surface area contributed by atoms with Crippen LogP contribution < -0.4 is 11.3 Å². The van der Waals surface area contributed by atoms with E-state index in [0.29, 0.717) is 5.69 Å². The number of ether oxygens (including phenoxy) is 1. The number of thiazole rings is 1. The highest BCUT2D eigenvalue weighted by Crippen LogP contribution is 2.15. The monoisotopic (exact) mass is 280 g/mol. The Hall–Kier alpha value is -2.22. The van der Waals surface area contributed by atoms with Crippen LogP contribution in [0, 0.1) is 0 Å². The second kappa shape index (κ2) is 5.61. The van der Waals surface area contributed by atoms with E-state index in [2.05, 4.69) is 15.0 Å². The molecule has 0 aliphatic heterocycles. The van der Waals surface area contributed by atoms with Gasteiger partial charge < -0.3 is 15.5 Å². The van der Waals surface area contributed by atoms with Crippen molar-refractivity contribution >= 4 is 23.1 Å². The molecule has 0 saturated heterocycles. The van der Waals surface area contributed by atoms with Gasteiger partial charge in [-0.05, 0) is 6.92 Å². The number of nitrogens with zero attached hydrogens (tertiary/aromatic N) is 2. The molecule has 0 bridgehead atoms. The van der Waals surface area contributed by atoms with Gasteiger partial charge >= 0.3 is 5.97 Å². The Morgan fingerprint density at radius 1 is 1.58 bits per heavy atom. The minimum atomic E-state index is -0.511. The molecule has 3 N–H and O–H groups in total. The quantitative estimate of drug-likeness (QED) is 0.792. The molecular formula is C11H12N4O3S. The molecule has 100 valence electrons. The lowest BCUT2D eigenvalue weighted by molar-refractivity contribution is -0.142. The Labute approximate surface area is 112 Å². The molecule has 0 radical (unpaired) electrons. The average molecular weight is 280 g/mol. The highest BCUT2D eigenvalue weighted by atomic mass is 32.1. The molecule has 0 fully saturated rings. The highest BCUT2D eigenvalue weighted by molar-refractivity contribution is 7.07. The summed E-state index contributed by atoms with van der Waals surface area (Å²) in [7, 11) is 0. The van der Waals surface area contributed by atoms with Crippen LogP contribution in [-0.2, 0) is 16.0 Å². The molecule has 2 aromatic heterocycles. The predicted octanol–water partition coefficient (Wildman–Crippen LogP) is 0.581. The first kappa shape index (κ1) is 13.2. The Kier molecular flexibility index (Phi) is 3.91. The van der Waals surface area contributed by atoms with Gasteiger partial charge in [0.15, 0.2) is 5.82 Å². The van der Waals surface area contributed by atoms with E-state index in [0.717, 1.165) is 0 Å². The van der Waals surface area contributed by atoms with E-state index in [1.54, 1.807) is 17.8 Å². The number of anilines is 1. The number of esters is 1. The third kappa shape index (κ3) is 2.97. The zero-order valence-electron chi connectivity index (χ0n) is 10.2. The van der Waals surface area contributed by atoms with Crippen molar-refractivity contribution in [3.05, 3.63) is 26.8 Å². The molecule has 0 unspecified atom stereocenters. The van der Waals surface area contributed by atoms with Gasteiger partial charge in [0.25, 0.3) is 5.56 Å². The number of H-pyrrole nitrogens is 1. The molecule has 0 aromatic carbocycles. The largest absolute Gasteiger partial charge is 0.466 e. The van der Waals surface area contributed by atoms with Crippen molar-refractivity contribution in [2.24, 2.45) is 0 Å². The summed E-state index contributed by atoms with van der Waals surface area (Å²) in [5.74, 6) is -0.209. The number of hydrogen-bond donors (Lipinski definition) is 2. The number of nitrogens with one attached hydrogen (secondary N) is 1. The van der Waals surface area contributed by atoms with Gasteiger partial charge in [-0.15, -0.1) is 11.3 Å². The third-order valence-electron chi connectivity index (χ3n) is 2.35. The molecule has 2 heterocycles. The molecule has 0 aliphatic rings. The molecule has 7 nitrogen and oxygen atoms in total. The molecule has 2 aromatic rings. The number of carbonyl (C=O) groups excluding carboxylic acids is 1.